The molecule has 0 aliphatic carbocycles. The molecule has 0 bridgehead atoms. The first-order valence-corrected chi connectivity index (χ1v) is 11.8. The molecule has 152 valence electrons. The fourth-order valence-electron chi connectivity index (χ4n) is 3.21. The maximum absolute atomic E-state index is 13.1. The second kappa shape index (κ2) is 8.39. The van der Waals surface area contributed by atoms with Crippen LogP contribution in [-0.4, -0.2) is 43.9 Å². The second-order valence-corrected chi connectivity index (χ2v) is 9.98. The molecule has 2 aromatic carbocycles. The lowest BCUT2D eigenvalue weighted by Crippen LogP contribution is -2.48. The Hall–Kier alpha value is -2.00. The molecule has 9 heteroatoms. The third-order valence-electron chi connectivity index (χ3n) is 4.80. The van der Waals surface area contributed by atoms with E-state index in [9.17, 15) is 12.8 Å². The maximum Gasteiger partial charge on any atom is 0.243 e. The van der Waals surface area contributed by atoms with E-state index >= 15 is 0 Å². The van der Waals surface area contributed by atoms with E-state index in [-0.39, 0.29) is 4.90 Å². The monoisotopic (exact) mass is 451 g/mol. The standard InChI is InChI=1S/C20H19ClFN3O2S2/c21-16-3-1-15(2-4-16)13-18-14-28-20(23-18)24-9-11-25(12-10-24)29(26,27)19-7-5-17(22)6-8-19/h1-8,14H,9-13H2. The molecule has 0 spiro atoms. The Morgan fingerprint density at radius 1 is 1.00 bits per heavy atom. The fraction of sp³-hybridized carbons (Fsp3) is 0.250. The summed E-state index contributed by atoms with van der Waals surface area (Å²) < 4.78 is 40.0. The van der Waals surface area contributed by atoms with Crippen LogP contribution in [0.15, 0.2) is 58.8 Å². The SMILES string of the molecule is O=S(=O)(c1ccc(F)cc1)N1CCN(c2nc(Cc3ccc(Cl)cc3)cs2)CC1. The number of hydrogen-bond donors (Lipinski definition) is 0. The highest BCUT2D eigenvalue weighted by Gasteiger charge is 2.29. The minimum absolute atomic E-state index is 0.117. The first-order valence-electron chi connectivity index (χ1n) is 9.11. The van der Waals surface area contributed by atoms with Crippen molar-refractivity contribution in [3.05, 3.63) is 76.0 Å². The first kappa shape index (κ1) is 20.3. The van der Waals surface area contributed by atoms with Gasteiger partial charge in [-0.3, -0.25) is 0 Å². The molecular weight excluding hydrogens is 433 g/mol. The summed E-state index contributed by atoms with van der Waals surface area (Å²) in [6.07, 6.45) is 0.729. The number of sulfonamides is 1. The molecule has 4 rings (SSSR count). The summed E-state index contributed by atoms with van der Waals surface area (Å²) in [7, 11) is -3.61. The Bertz CT molecular complexity index is 1080. The smallest absolute Gasteiger partial charge is 0.243 e. The van der Waals surface area contributed by atoms with Crippen LogP contribution >= 0.6 is 22.9 Å². The van der Waals surface area contributed by atoms with Gasteiger partial charge in [0, 0.05) is 43.0 Å². The average Bonchev–Trinajstić information content (AvgIpc) is 3.19. The fourth-order valence-corrected chi connectivity index (χ4v) is 5.64. The average molecular weight is 452 g/mol. The van der Waals surface area contributed by atoms with Crippen LogP contribution < -0.4 is 4.90 Å². The first-order chi connectivity index (χ1) is 13.9. The summed E-state index contributed by atoms with van der Waals surface area (Å²) in [6.45, 7) is 1.86. The van der Waals surface area contributed by atoms with Crippen LogP contribution in [0.3, 0.4) is 0 Å². The molecule has 3 aromatic rings. The van der Waals surface area contributed by atoms with Gasteiger partial charge in [-0.1, -0.05) is 23.7 Å². The summed E-state index contributed by atoms with van der Waals surface area (Å²) in [6, 6.07) is 12.7. The number of rotatable bonds is 5. The van der Waals surface area contributed by atoms with Crippen molar-refractivity contribution >= 4 is 38.1 Å². The van der Waals surface area contributed by atoms with Crippen molar-refractivity contribution in [2.24, 2.45) is 0 Å². The van der Waals surface area contributed by atoms with Gasteiger partial charge in [-0.25, -0.2) is 17.8 Å². The van der Waals surface area contributed by atoms with Crippen LogP contribution in [0.4, 0.5) is 9.52 Å². The van der Waals surface area contributed by atoms with Crippen molar-refractivity contribution in [1.29, 1.82) is 0 Å². The highest BCUT2D eigenvalue weighted by atomic mass is 35.5. The van der Waals surface area contributed by atoms with Crippen LogP contribution in [-0.2, 0) is 16.4 Å². The van der Waals surface area contributed by atoms with Gasteiger partial charge >= 0.3 is 0 Å². The van der Waals surface area contributed by atoms with Gasteiger partial charge in [0.2, 0.25) is 10.0 Å². The van der Waals surface area contributed by atoms with Crippen molar-refractivity contribution in [3.8, 4) is 0 Å². The molecule has 1 aliphatic rings. The number of hydrogen-bond acceptors (Lipinski definition) is 5. The number of piperazine rings is 1. The van der Waals surface area contributed by atoms with Gasteiger partial charge in [-0.15, -0.1) is 11.3 Å². The Labute approximate surface area is 178 Å². The zero-order chi connectivity index (χ0) is 20.4. The number of aromatic nitrogens is 1. The van der Waals surface area contributed by atoms with Gasteiger partial charge in [0.25, 0.3) is 0 Å². The zero-order valence-corrected chi connectivity index (χ0v) is 17.9. The van der Waals surface area contributed by atoms with Gasteiger partial charge in [-0.2, -0.15) is 4.31 Å². The molecule has 1 saturated heterocycles. The number of benzene rings is 2. The van der Waals surface area contributed by atoms with E-state index in [1.165, 1.54) is 28.6 Å². The summed E-state index contributed by atoms with van der Waals surface area (Å²) in [5, 5.41) is 3.64. The molecule has 0 atom stereocenters. The van der Waals surface area contributed by atoms with Gasteiger partial charge in [-0.05, 0) is 42.0 Å². The number of anilines is 1. The lowest BCUT2D eigenvalue weighted by molar-refractivity contribution is 0.384. The predicted octanol–water partition coefficient (Wildman–Crippen LogP) is 4.04. The van der Waals surface area contributed by atoms with Crippen LogP contribution in [0.5, 0.6) is 0 Å². The quantitative estimate of drug-likeness (QED) is 0.587. The van der Waals surface area contributed by atoms with Crippen LogP contribution in [0.25, 0.3) is 0 Å². The van der Waals surface area contributed by atoms with Crippen LogP contribution in [0.2, 0.25) is 5.02 Å². The van der Waals surface area contributed by atoms with Crippen LogP contribution in [0, 0.1) is 5.82 Å². The van der Waals surface area contributed by atoms with Gasteiger partial charge in [0.15, 0.2) is 5.13 Å². The highest BCUT2D eigenvalue weighted by Crippen LogP contribution is 2.25. The largest absolute Gasteiger partial charge is 0.345 e. The van der Waals surface area contributed by atoms with Gasteiger partial charge < -0.3 is 4.90 Å². The summed E-state index contributed by atoms with van der Waals surface area (Å²) in [5.41, 5.74) is 2.12. The van der Waals surface area contributed by atoms with E-state index in [0.717, 1.165) is 22.8 Å². The summed E-state index contributed by atoms with van der Waals surface area (Å²) in [5.74, 6) is -0.452. The van der Waals surface area contributed by atoms with Crippen LogP contribution in [0.1, 0.15) is 11.3 Å². The normalized spacial score (nSPS) is 15.6. The molecule has 0 saturated carbocycles. The van der Waals surface area contributed by atoms with E-state index < -0.39 is 15.8 Å². The predicted molar refractivity (Wildman–Crippen MR) is 114 cm³/mol. The Morgan fingerprint density at radius 3 is 2.31 bits per heavy atom. The molecule has 1 fully saturated rings. The third kappa shape index (κ3) is 4.61. The summed E-state index contributed by atoms with van der Waals surface area (Å²) >= 11 is 7.49. The Kier molecular flexibility index (Phi) is 5.87. The van der Waals surface area contributed by atoms with E-state index in [0.29, 0.717) is 31.2 Å². The van der Waals surface area contributed by atoms with E-state index in [2.05, 4.69) is 4.90 Å². The number of thiazole rings is 1. The molecule has 0 unspecified atom stereocenters. The minimum atomic E-state index is -3.61. The number of nitrogens with zero attached hydrogens (tertiary/aromatic N) is 3. The summed E-state index contributed by atoms with van der Waals surface area (Å²) in [4.78, 5) is 6.93. The Morgan fingerprint density at radius 2 is 1.66 bits per heavy atom. The molecule has 0 amide bonds. The molecule has 2 heterocycles. The molecule has 29 heavy (non-hydrogen) atoms. The van der Waals surface area contributed by atoms with E-state index in [1.807, 2.05) is 29.6 Å². The van der Waals surface area contributed by atoms with Crippen molar-refractivity contribution in [3.63, 3.8) is 0 Å². The lowest BCUT2D eigenvalue weighted by Gasteiger charge is -2.33. The van der Waals surface area contributed by atoms with Crippen molar-refractivity contribution in [1.82, 2.24) is 9.29 Å². The second-order valence-electron chi connectivity index (χ2n) is 6.77. The van der Waals surface area contributed by atoms with Crippen molar-refractivity contribution in [2.45, 2.75) is 11.3 Å². The van der Waals surface area contributed by atoms with Gasteiger partial charge in [0.1, 0.15) is 5.82 Å². The number of halogens is 2. The minimum Gasteiger partial charge on any atom is -0.345 e. The molecule has 1 aliphatic heterocycles. The molecule has 5 nitrogen and oxygen atoms in total. The highest BCUT2D eigenvalue weighted by molar-refractivity contribution is 7.89. The molecular formula is C20H19ClFN3O2S2. The maximum atomic E-state index is 13.1. The van der Waals surface area contributed by atoms with E-state index in [4.69, 9.17) is 16.6 Å². The topological polar surface area (TPSA) is 53.5 Å². The zero-order valence-electron chi connectivity index (χ0n) is 15.5. The van der Waals surface area contributed by atoms with Crippen molar-refractivity contribution in [2.75, 3.05) is 31.1 Å². The third-order valence-corrected chi connectivity index (χ3v) is 7.91. The molecule has 0 radical (unpaired) electrons. The lowest BCUT2D eigenvalue weighted by atomic mass is 10.1. The van der Waals surface area contributed by atoms with Crippen molar-refractivity contribution < 1.29 is 12.8 Å². The van der Waals surface area contributed by atoms with E-state index in [1.54, 1.807) is 11.3 Å². The molecule has 1 aromatic heterocycles. The molecule has 0 N–H and O–H groups in total. The Balaban J connectivity index is 1.39. The van der Waals surface area contributed by atoms with Gasteiger partial charge in [0.05, 0.1) is 10.6 Å².